The molecule has 0 saturated heterocycles. The zero-order chi connectivity index (χ0) is 42.6. The first-order chi connectivity index (χ1) is 30.9. The molecular formula is C60H47N3. The van der Waals surface area contributed by atoms with E-state index in [1.807, 2.05) is 0 Å². The van der Waals surface area contributed by atoms with Crippen molar-refractivity contribution in [1.82, 2.24) is 9.97 Å². The van der Waals surface area contributed by atoms with Crippen molar-refractivity contribution in [1.29, 1.82) is 0 Å². The molecule has 11 rings (SSSR count). The molecule has 302 valence electrons. The summed E-state index contributed by atoms with van der Waals surface area (Å²) in [6, 6.07) is 67.1. The van der Waals surface area contributed by atoms with Crippen LogP contribution in [0.25, 0.3) is 33.4 Å². The molecule has 8 aromatic rings. The fourth-order valence-corrected chi connectivity index (χ4v) is 9.68. The van der Waals surface area contributed by atoms with Crippen LogP contribution >= 0.6 is 0 Å². The predicted octanol–water partition coefficient (Wildman–Crippen LogP) is 12.6. The van der Waals surface area contributed by atoms with Gasteiger partial charge in [0, 0.05) is 38.8 Å². The lowest BCUT2D eigenvalue weighted by molar-refractivity contribution is 1.05. The number of nitrogens with zero attached hydrogens (tertiary/aromatic N) is 1. The first-order valence-electron chi connectivity index (χ1n) is 21.9. The van der Waals surface area contributed by atoms with E-state index in [9.17, 15) is 0 Å². The smallest absolute Gasteiger partial charge is 0.0737 e. The van der Waals surface area contributed by atoms with Crippen LogP contribution in [0.1, 0.15) is 72.9 Å². The van der Waals surface area contributed by atoms with Crippen LogP contribution in [0.4, 0.5) is 0 Å². The number of hydrogen-bond acceptors (Lipinski definition) is 1. The second-order valence-electron chi connectivity index (χ2n) is 17.2. The van der Waals surface area contributed by atoms with Crippen LogP contribution in [-0.4, -0.2) is 15.7 Å². The Morgan fingerprint density at radius 2 is 0.794 bits per heavy atom. The Kier molecular flexibility index (Phi) is 9.47. The topological polar surface area (TPSA) is 43.9 Å². The fourth-order valence-electron chi connectivity index (χ4n) is 9.68. The summed E-state index contributed by atoms with van der Waals surface area (Å²) in [4.78, 5) is 13.7. The standard InChI is InChI=1S/C60H47N3/c1-37-15-23-43(24-16-37)53-47-31-32-48(61-47)54(44-25-17-38(2)18-26-44)50-34-36-52(63-50)59-56(41-11-7-5-8-12-41)57(42-13-9-6-10-14-42)60(58(59)46-29-21-40(4)22-30-46)55(51-35-33-49(53)62-51)45-27-19-39(3)20-28-45/h5-36,59,62-63H,1-4H3/b53-49?,54-48-,55-51?. The fraction of sp³-hybridized carbons (Fsp3) is 0.0833. The average molecular weight is 810 g/mol. The summed E-state index contributed by atoms with van der Waals surface area (Å²) in [5.41, 5.74) is 24.0. The third-order valence-electron chi connectivity index (χ3n) is 12.8. The summed E-state index contributed by atoms with van der Waals surface area (Å²) < 4.78 is 0. The molecule has 0 amide bonds. The van der Waals surface area contributed by atoms with Crippen LogP contribution in [0.5, 0.6) is 0 Å². The number of aliphatic imine (C=N–C) groups is 1. The number of H-pyrrole nitrogens is 2. The van der Waals surface area contributed by atoms with Gasteiger partial charge in [0.25, 0.3) is 0 Å². The van der Waals surface area contributed by atoms with Gasteiger partial charge in [-0.15, -0.1) is 0 Å². The number of rotatable bonds is 6. The number of aryl methyl sites for hydroxylation is 4. The van der Waals surface area contributed by atoms with Crippen LogP contribution in [-0.2, 0) is 0 Å². The minimum Gasteiger partial charge on any atom is -0.358 e. The maximum absolute atomic E-state index is 5.53. The molecule has 0 fully saturated rings. The highest BCUT2D eigenvalue weighted by molar-refractivity contribution is 6.30. The third kappa shape index (κ3) is 6.83. The van der Waals surface area contributed by atoms with Crippen molar-refractivity contribution in [3.05, 3.63) is 283 Å². The normalized spacial score (nSPS) is 17.0. The van der Waals surface area contributed by atoms with E-state index in [1.165, 1.54) is 61.2 Å². The van der Waals surface area contributed by atoms with E-state index in [2.05, 4.69) is 232 Å². The third-order valence-corrected chi connectivity index (χ3v) is 12.8. The van der Waals surface area contributed by atoms with Gasteiger partial charge < -0.3 is 9.97 Å². The molecule has 2 aliphatic heterocycles. The van der Waals surface area contributed by atoms with E-state index in [1.54, 1.807) is 0 Å². The van der Waals surface area contributed by atoms with Gasteiger partial charge in [-0.3, -0.25) is 0 Å². The highest BCUT2D eigenvalue weighted by atomic mass is 14.8. The van der Waals surface area contributed by atoms with Crippen molar-refractivity contribution < 1.29 is 0 Å². The molecule has 2 aromatic heterocycles. The van der Waals surface area contributed by atoms with Gasteiger partial charge in [-0.25, -0.2) is 4.99 Å². The quantitative estimate of drug-likeness (QED) is 0.168. The largest absolute Gasteiger partial charge is 0.358 e. The Morgan fingerprint density at radius 1 is 0.349 bits per heavy atom. The Morgan fingerprint density at radius 3 is 1.37 bits per heavy atom. The van der Waals surface area contributed by atoms with Crippen molar-refractivity contribution in [2.24, 2.45) is 4.99 Å². The number of aromatic amines is 2. The van der Waals surface area contributed by atoms with Gasteiger partial charge in [0.2, 0.25) is 0 Å². The van der Waals surface area contributed by atoms with Crippen molar-refractivity contribution >= 4 is 39.2 Å². The molecule has 1 aliphatic carbocycles. The molecule has 3 heteroatoms. The van der Waals surface area contributed by atoms with E-state index in [4.69, 9.17) is 4.99 Å². The first-order valence-corrected chi connectivity index (χ1v) is 21.9. The highest BCUT2D eigenvalue weighted by Crippen LogP contribution is 2.58. The second-order valence-corrected chi connectivity index (χ2v) is 17.2. The summed E-state index contributed by atoms with van der Waals surface area (Å²) in [5.74, 6) is -0.161. The predicted molar refractivity (Wildman–Crippen MR) is 263 cm³/mol. The first kappa shape index (κ1) is 38.2. The summed E-state index contributed by atoms with van der Waals surface area (Å²) in [6.45, 7) is 8.62. The van der Waals surface area contributed by atoms with Gasteiger partial charge in [0.05, 0.1) is 17.3 Å². The maximum Gasteiger partial charge on any atom is 0.0737 e. The molecule has 1 unspecified atom stereocenters. The van der Waals surface area contributed by atoms with E-state index < -0.39 is 0 Å². The zero-order valence-electron chi connectivity index (χ0n) is 36.0. The highest BCUT2D eigenvalue weighted by Gasteiger charge is 2.40. The molecule has 0 radical (unpaired) electrons. The molecular weight excluding hydrogens is 763 g/mol. The Labute approximate surface area is 369 Å². The van der Waals surface area contributed by atoms with Crippen LogP contribution in [0.15, 0.2) is 210 Å². The number of aromatic nitrogens is 2. The molecule has 63 heavy (non-hydrogen) atoms. The van der Waals surface area contributed by atoms with Crippen molar-refractivity contribution in [3.63, 3.8) is 0 Å². The number of hydrogen-bond donors (Lipinski definition) is 2. The van der Waals surface area contributed by atoms with E-state index in [0.29, 0.717) is 0 Å². The van der Waals surface area contributed by atoms with E-state index in [0.717, 1.165) is 66.9 Å². The van der Waals surface area contributed by atoms with Crippen molar-refractivity contribution in [3.8, 4) is 0 Å². The molecule has 8 bridgehead atoms. The monoisotopic (exact) mass is 809 g/mol. The lowest BCUT2D eigenvalue weighted by Crippen LogP contribution is -2.20. The van der Waals surface area contributed by atoms with Gasteiger partial charge in [0.1, 0.15) is 0 Å². The Hall–Kier alpha value is -7.75. The molecule has 1 atom stereocenters. The number of allylic oxidation sites excluding steroid dienone is 6. The van der Waals surface area contributed by atoms with Gasteiger partial charge in [-0.1, -0.05) is 180 Å². The Bertz CT molecular complexity index is 3350. The summed E-state index contributed by atoms with van der Waals surface area (Å²) in [7, 11) is 0. The van der Waals surface area contributed by atoms with E-state index in [-0.39, 0.29) is 5.92 Å². The van der Waals surface area contributed by atoms with Gasteiger partial charge in [-0.05, 0) is 120 Å². The maximum atomic E-state index is 5.53. The summed E-state index contributed by atoms with van der Waals surface area (Å²) >= 11 is 0. The molecule has 4 heterocycles. The summed E-state index contributed by atoms with van der Waals surface area (Å²) in [6.07, 6.45) is 4.37. The summed E-state index contributed by atoms with van der Waals surface area (Å²) in [5, 5.41) is 2.05. The van der Waals surface area contributed by atoms with Crippen LogP contribution in [0.2, 0.25) is 0 Å². The number of nitrogens with one attached hydrogen (secondary N) is 2. The molecule has 6 aromatic carbocycles. The van der Waals surface area contributed by atoms with E-state index >= 15 is 0 Å². The molecule has 2 N–H and O–H groups in total. The lowest BCUT2D eigenvalue weighted by Gasteiger charge is -2.21. The Balaban J connectivity index is 1.37. The lowest BCUT2D eigenvalue weighted by atomic mass is 9.83. The van der Waals surface area contributed by atoms with Crippen LogP contribution < -0.4 is 10.7 Å². The SMILES string of the molecule is Cc1ccc(C2=C3C(c4ccccc4)=C(c4ccccc4)C2c2ccc([nH]2)/C(c2ccc(C)cc2)=C2/C=CC(=N2)C(c2ccc(C)cc2)=c2ccc([nH]2)=C3c2ccc(C)cc2)cc1. The molecule has 0 spiro atoms. The van der Waals surface area contributed by atoms with Crippen molar-refractivity contribution in [2.75, 3.05) is 0 Å². The molecule has 3 nitrogen and oxygen atoms in total. The minimum atomic E-state index is -0.161. The van der Waals surface area contributed by atoms with Gasteiger partial charge in [-0.2, -0.15) is 0 Å². The van der Waals surface area contributed by atoms with Gasteiger partial charge in [0.15, 0.2) is 0 Å². The zero-order valence-corrected chi connectivity index (χ0v) is 36.0. The average Bonchev–Trinajstić information content (AvgIpc) is 4.15. The van der Waals surface area contributed by atoms with Crippen molar-refractivity contribution in [2.45, 2.75) is 33.6 Å². The minimum absolute atomic E-state index is 0.161. The van der Waals surface area contributed by atoms with Crippen LogP contribution in [0, 0.1) is 27.7 Å². The second kappa shape index (κ2) is 15.6. The van der Waals surface area contributed by atoms with Crippen LogP contribution in [0.3, 0.4) is 0 Å². The van der Waals surface area contributed by atoms with Gasteiger partial charge >= 0.3 is 0 Å². The number of benzene rings is 6. The molecule has 3 aliphatic rings. The number of fused-ring (bicyclic) bond motifs is 7. The molecule has 0 saturated carbocycles.